The molecule has 0 N–H and O–H groups in total. The van der Waals surface area contributed by atoms with E-state index in [4.69, 9.17) is 0 Å². The summed E-state index contributed by atoms with van der Waals surface area (Å²) in [6.07, 6.45) is 5.60. The summed E-state index contributed by atoms with van der Waals surface area (Å²) in [5, 5.41) is 0. The maximum absolute atomic E-state index is 11.4. The van der Waals surface area contributed by atoms with Gasteiger partial charge >= 0.3 is 0 Å². The van der Waals surface area contributed by atoms with Gasteiger partial charge < -0.3 is 4.90 Å². The van der Waals surface area contributed by atoms with Gasteiger partial charge in [-0.1, -0.05) is 13.8 Å². The van der Waals surface area contributed by atoms with Crippen molar-refractivity contribution in [3.05, 3.63) is 0 Å². The SMILES string of the molecule is CCC(=O)N(C)[C@H]1CC[C@H](C)CC1. The monoisotopic (exact) mass is 183 g/mol. The average Bonchev–Trinajstić information content (AvgIpc) is 2.17. The van der Waals surface area contributed by atoms with Crippen molar-refractivity contribution in [2.75, 3.05) is 7.05 Å². The highest BCUT2D eigenvalue weighted by molar-refractivity contribution is 5.75. The first-order valence-electron chi connectivity index (χ1n) is 5.40. The summed E-state index contributed by atoms with van der Waals surface area (Å²) >= 11 is 0. The number of amides is 1. The van der Waals surface area contributed by atoms with Crippen LogP contribution in [0.4, 0.5) is 0 Å². The largest absolute Gasteiger partial charge is 0.343 e. The van der Waals surface area contributed by atoms with Crippen LogP contribution in [-0.2, 0) is 4.79 Å². The molecule has 1 aliphatic rings. The van der Waals surface area contributed by atoms with Gasteiger partial charge in [0.15, 0.2) is 0 Å². The smallest absolute Gasteiger partial charge is 0.222 e. The molecule has 0 aliphatic heterocycles. The molecule has 0 aromatic rings. The van der Waals surface area contributed by atoms with E-state index in [0.29, 0.717) is 18.4 Å². The number of hydrogen-bond acceptors (Lipinski definition) is 1. The Morgan fingerprint density at radius 1 is 1.31 bits per heavy atom. The Hall–Kier alpha value is -0.530. The van der Waals surface area contributed by atoms with Crippen molar-refractivity contribution >= 4 is 5.91 Å². The molecule has 0 radical (unpaired) electrons. The van der Waals surface area contributed by atoms with Gasteiger partial charge in [-0.05, 0) is 31.6 Å². The Morgan fingerprint density at radius 2 is 1.85 bits per heavy atom. The molecule has 2 nitrogen and oxygen atoms in total. The highest BCUT2D eigenvalue weighted by atomic mass is 16.2. The second-order valence-electron chi connectivity index (χ2n) is 4.27. The molecule has 13 heavy (non-hydrogen) atoms. The van der Waals surface area contributed by atoms with Gasteiger partial charge in [0.25, 0.3) is 0 Å². The fourth-order valence-electron chi connectivity index (χ4n) is 2.08. The molecule has 2 heteroatoms. The van der Waals surface area contributed by atoms with Crippen LogP contribution in [0.15, 0.2) is 0 Å². The van der Waals surface area contributed by atoms with Crippen molar-refractivity contribution in [2.24, 2.45) is 5.92 Å². The predicted octanol–water partition coefficient (Wildman–Crippen LogP) is 2.43. The molecule has 0 unspecified atom stereocenters. The zero-order valence-corrected chi connectivity index (χ0v) is 9.05. The van der Waals surface area contributed by atoms with E-state index < -0.39 is 0 Å². The van der Waals surface area contributed by atoms with Crippen LogP contribution in [0.2, 0.25) is 0 Å². The van der Waals surface area contributed by atoms with E-state index in [-0.39, 0.29) is 0 Å². The van der Waals surface area contributed by atoms with Crippen LogP contribution >= 0.6 is 0 Å². The molecular weight excluding hydrogens is 162 g/mol. The van der Waals surface area contributed by atoms with Crippen molar-refractivity contribution in [1.82, 2.24) is 4.90 Å². The van der Waals surface area contributed by atoms with Gasteiger partial charge in [0.1, 0.15) is 0 Å². The molecule has 0 saturated heterocycles. The van der Waals surface area contributed by atoms with Crippen molar-refractivity contribution in [1.29, 1.82) is 0 Å². The second-order valence-corrected chi connectivity index (χ2v) is 4.27. The van der Waals surface area contributed by atoms with Crippen LogP contribution in [0.3, 0.4) is 0 Å². The standard InChI is InChI=1S/C11H21NO/c1-4-11(13)12(3)10-7-5-9(2)6-8-10/h9-10H,4-8H2,1-3H3/t9-,10-. The van der Waals surface area contributed by atoms with Crippen LogP contribution in [-0.4, -0.2) is 23.9 Å². The van der Waals surface area contributed by atoms with Crippen molar-refractivity contribution in [3.8, 4) is 0 Å². The maximum Gasteiger partial charge on any atom is 0.222 e. The van der Waals surface area contributed by atoms with Gasteiger partial charge in [0.2, 0.25) is 5.91 Å². The molecule has 0 spiro atoms. The minimum absolute atomic E-state index is 0.291. The van der Waals surface area contributed by atoms with E-state index in [2.05, 4.69) is 6.92 Å². The zero-order valence-electron chi connectivity index (χ0n) is 9.05. The maximum atomic E-state index is 11.4. The Morgan fingerprint density at radius 3 is 2.31 bits per heavy atom. The van der Waals surface area contributed by atoms with E-state index in [1.807, 2.05) is 18.9 Å². The van der Waals surface area contributed by atoms with E-state index in [1.165, 1.54) is 25.7 Å². The topological polar surface area (TPSA) is 20.3 Å². The van der Waals surface area contributed by atoms with E-state index in [0.717, 1.165) is 5.92 Å². The van der Waals surface area contributed by atoms with Crippen LogP contribution < -0.4 is 0 Å². The van der Waals surface area contributed by atoms with E-state index >= 15 is 0 Å². The molecular formula is C11H21NO. The fraction of sp³-hybridized carbons (Fsp3) is 0.909. The average molecular weight is 183 g/mol. The number of rotatable bonds is 2. The highest BCUT2D eigenvalue weighted by Gasteiger charge is 2.23. The normalized spacial score (nSPS) is 28.5. The molecule has 1 aliphatic carbocycles. The van der Waals surface area contributed by atoms with Gasteiger partial charge in [-0.2, -0.15) is 0 Å². The summed E-state index contributed by atoms with van der Waals surface area (Å²) in [6, 6.07) is 0.517. The molecule has 1 amide bonds. The minimum Gasteiger partial charge on any atom is -0.343 e. The minimum atomic E-state index is 0.291. The Kier molecular flexibility index (Phi) is 3.76. The molecule has 0 atom stereocenters. The first-order chi connectivity index (χ1) is 6.15. The number of nitrogens with zero attached hydrogens (tertiary/aromatic N) is 1. The lowest BCUT2D eigenvalue weighted by molar-refractivity contribution is -0.132. The summed E-state index contributed by atoms with van der Waals surface area (Å²) in [5.74, 6) is 1.15. The molecule has 1 saturated carbocycles. The van der Waals surface area contributed by atoms with Crippen LogP contribution in [0, 0.1) is 5.92 Å². The van der Waals surface area contributed by atoms with Crippen LogP contribution in [0.1, 0.15) is 46.0 Å². The first kappa shape index (κ1) is 10.6. The summed E-state index contributed by atoms with van der Waals surface area (Å²) < 4.78 is 0. The van der Waals surface area contributed by atoms with Crippen LogP contribution in [0.25, 0.3) is 0 Å². The number of hydrogen-bond donors (Lipinski definition) is 0. The van der Waals surface area contributed by atoms with Crippen molar-refractivity contribution in [3.63, 3.8) is 0 Å². The van der Waals surface area contributed by atoms with Gasteiger partial charge in [0, 0.05) is 19.5 Å². The number of carbonyl (C=O) groups excluding carboxylic acids is 1. The van der Waals surface area contributed by atoms with Gasteiger partial charge in [0.05, 0.1) is 0 Å². The number of carbonyl (C=O) groups is 1. The predicted molar refractivity (Wildman–Crippen MR) is 54.5 cm³/mol. The van der Waals surface area contributed by atoms with Crippen LogP contribution in [0.5, 0.6) is 0 Å². The Labute approximate surface area is 81.3 Å². The van der Waals surface area contributed by atoms with Gasteiger partial charge in [-0.25, -0.2) is 0 Å². The highest BCUT2D eigenvalue weighted by Crippen LogP contribution is 2.26. The lowest BCUT2D eigenvalue weighted by Crippen LogP contribution is -2.38. The summed E-state index contributed by atoms with van der Waals surface area (Å²) in [5.41, 5.74) is 0. The van der Waals surface area contributed by atoms with E-state index in [1.54, 1.807) is 0 Å². The molecule has 0 heterocycles. The molecule has 0 aromatic heterocycles. The van der Waals surface area contributed by atoms with E-state index in [9.17, 15) is 4.79 Å². The molecule has 0 bridgehead atoms. The molecule has 1 fully saturated rings. The van der Waals surface area contributed by atoms with Gasteiger partial charge in [-0.3, -0.25) is 4.79 Å². The molecule has 1 rings (SSSR count). The third kappa shape index (κ3) is 2.71. The van der Waals surface area contributed by atoms with Crippen molar-refractivity contribution < 1.29 is 4.79 Å². The third-order valence-electron chi connectivity index (χ3n) is 3.23. The quantitative estimate of drug-likeness (QED) is 0.644. The molecule has 0 aromatic carbocycles. The lowest BCUT2D eigenvalue weighted by atomic mass is 9.87. The summed E-state index contributed by atoms with van der Waals surface area (Å²) in [7, 11) is 1.95. The zero-order chi connectivity index (χ0) is 9.84. The fourth-order valence-corrected chi connectivity index (χ4v) is 2.08. The summed E-state index contributed by atoms with van der Waals surface area (Å²) in [6.45, 7) is 4.24. The lowest BCUT2D eigenvalue weighted by Gasteiger charge is -2.33. The Bertz CT molecular complexity index is 171. The van der Waals surface area contributed by atoms with Gasteiger partial charge in [-0.15, -0.1) is 0 Å². The first-order valence-corrected chi connectivity index (χ1v) is 5.40. The second kappa shape index (κ2) is 4.64. The Balaban J connectivity index is 2.39. The summed E-state index contributed by atoms with van der Waals surface area (Å²) in [4.78, 5) is 13.4. The molecule has 76 valence electrons. The third-order valence-corrected chi connectivity index (χ3v) is 3.23. The van der Waals surface area contributed by atoms with Crippen molar-refractivity contribution in [2.45, 2.75) is 52.0 Å².